The summed E-state index contributed by atoms with van der Waals surface area (Å²) in [6, 6.07) is 17.9. The Morgan fingerprint density at radius 2 is 1.97 bits per heavy atom. The second-order valence-electron chi connectivity index (χ2n) is 8.81. The van der Waals surface area contributed by atoms with Crippen LogP contribution in [0.4, 0.5) is 9.18 Å². The third-order valence-corrected chi connectivity index (χ3v) is 7.86. The van der Waals surface area contributed by atoms with Crippen LogP contribution in [0.1, 0.15) is 60.0 Å². The molecule has 2 N–H and O–H groups in total. The minimum atomic E-state index is -0.699. The van der Waals surface area contributed by atoms with E-state index in [4.69, 9.17) is 0 Å². The van der Waals surface area contributed by atoms with Crippen LogP contribution in [0.25, 0.3) is 10.4 Å². The number of rotatable bonds is 8. The highest BCUT2D eigenvalue weighted by Crippen LogP contribution is 2.37. The molecule has 1 saturated heterocycles. The van der Waals surface area contributed by atoms with Crippen molar-refractivity contribution in [2.75, 3.05) is 13.2 Å². The van der Waals surface area contributed by atoms with E-state index in [0.717, 1.165) is 26.4 Å². The first kappa shape index (κ1) is 24.1. The normalized spacial score (nSPS) is 19.1. The van der Waals surface area contributed by atoms with Gasteiger partial charge in [-0.25, -0.2) is 9.18 Å². The third-order valence-electron chi connectivity index (χ3n) is 6.62. The number of carbonyl (C=O) groups excluding carboxylic acids is 2. The summed E-state index contributed by atoms with van der Waals surface area (Å²) >= 11 is 1.47. The summed E-state index contributed by atoms with van der Waals surface area (Å²) in [5.41, 5.74) is 2.07. The minimum absolute atomic E-state index is 0.0115. The predicted molar refractivity (Wildman–Crippen MR) is 132 cm³/mol. The van der Waals surface area contributed by atoms with Gasteiger partial charge in [0, 0.05) is 18.0 Å². The van der Waals surface area contributed by atoms with E-state index in [2.05, 4.69) is 5.32 Å². The number of carbonyl (C=O) groups is 2. The summed E-state index contributed by atoms with van der Waals surface area (Å²) in [6.45, 7) is 4.09. The van der Waals surface area contributed by atoms with Gasteiger partial charge in [-0.05, 0) is 74.1 Å². The van der Waals surface area contributed by atoms with Gasteiger partial charge in [0.1, 0.15) is 5.82 Å². The Bertz CT molecular complexity index is 1180. The average molecular weight is 481 g/mol. The van der Waals surface area contributed by atoms with Gasteiger partial charge >= 0.3 is 6.03 Å². The number of urea groups is 1. The summed E-state index contributed by atoms with van der Waals surface area (Å²) in [7, 11) is 0. The van der Waals surface area contributed by atoms with Crippen molar-refractivity contribution in [1.29, 1.82) is 0 Å². The van der Waals surface area contributed by atoms with Crippen LogP contribution in [0.5, 0.6) is 0 Å². The van der Waals surface area contributed by atoms with Gasteiger partial charge in [0.15, 0.2) is 5.78 Å². The van der Waals surface area contributed by atoms with E-state index in [1.165, 1.54) is 23.5 Å². The zero-order valence-corrected chi connectivity index (χ0v) is 20.2. The minimum Gasteiger partial charge on any atom is -0.396 e. The van der Waals surface area contributed by atoms with Crippen molar-refractivity contribution < 1.29 is 19.1 Å². The Balaban J connectivity index is 1.51. The molecule has 0 aliphatic carbocycles. The molecule has 3 aromatic rings. The molecule has 178 valence electrons. The molecule has 2 aromatic carbocycles. The van der Waals surface area contributed by atoms with Crippen molar-refractivity contribution in [2.24, 2.45) is 0 Å². The molecule has 5 nitrogen and oxygen atoms in total. The maximum atomic E-state index is 13.9. The summed E-state index contributed by atoms with van der Waals surface area (Å²) in [4.78, 5) is 28.4. The molecule has 1 aliphatic rings. The molecule has 2 amide bonds. The first-order chi connectivity index (χ1) is 16.3. The van der Waals surface area contributed by atoms with Gasteiger partial charge in [0.05, 0.1) is 16.5 Å². The smallest absolute Gasteiger partial charge is 0.318 e. The lowest BCUT2D eigenvalue weighted by atomic mass is 9.80. The van der Waals surface area contributed by atoms with Gasteiger partial charge in [0.25, 0.3) is 0 Å². The second kappa shape index (κ2) is 10.1. The lowest BCUT2D eigenvalue weighted by Gasteiger charge is -2.45. The number of ketones is 1. The Hall–Kier alpha value is -3.03. The lowest BCUT2D eigenvalue weighted by molar-refractivity contribution is 0.102. The standard InChI is InChI=1S/C27H29FN2O3S/c1-18(20-7-9-21(10-8-20)25-12-11-24(34-25)19(2)32)30-15-14-27(13-4-16-31,29-26(30)33)22-5-3-6-23(28)17-22/h3,5-12,17-18,31H,4,13-16H2,1-2H3,(H,29,33). The third kappa shape index (κ3) is 4.91. The first-order valence-electron chi connectivity index (χ1n) is 11.5. The molecule has 0 radical (unpaired) electrons. The van der Waals surface area contributed by atoms with Gasteiger partial charge in [0.2, 0.25) is 0 Å². The maximum Gasteiger partial charge on any atom is 0.318 e. The van der Waals surface area contributed by atoms with Crippen molar-refractivity contribution >= 4 is 23.2 Å². The van der Waals surface area contributed by atoms with Crippen LogP contribution >= 0.6 is 11.3 Å². The molecule has 2 heterocycles. The molecule has 2 atom stereocenters. The number of amides is 2. The fraction of sp³-hybridized carbons (Fsp3) is 0.333. The van der Waals surface area contributed by atoms with Crippen LogP contribution in [0.15, 0.2) is 60.7 Å². The van der Waals surface area contributed by atoms with Crippen molar-refractivity contribution in [1.82, 2.24) is 10.2 Å². The number of nitrogens with one attached hydrogen (secondary N) is 1. The number of benzene rings is 2. The highest BCUT2D eigenvalue weighted by atomic mass is 32.1. The van der Waals surface area contributed by atoms with E-state index >= 15 is 0 Å². The van der Waals surface area contributed by atoms with Crippen LogP contribution in [-0.2, 0) is 5.54 Å². The lowest BCUT2D eigenvalue weighted by Crippen LogP contribution is -2.58. The topological polar surface area (TPSA) is 69.6 Å². The molecule has 34 heavy (non-hydrogen) atoms. The van der Waals surface area contributed by atoms with Crippen LogP contribution in [-0.4, -0.2) is 35.0 Å². The van der Waals surface area contributed by atoms with Crippen LogP contribution in [0.3, 0.4) is 0 Å². The van der Waals surface area contributed by atoms with Gasteiger partial charge in [-0.15, -0.1) is 11.3 Å². The number of halogens is 1. The Kier molecular flexibility index (Phi) is 7.14. The van der Waals surface area contributed by atoms with Crippen LogP contribution in [0, 0.1) is 5.82 Å². The van der Waals surface area contributed by atoms with Gasteiger partial charge in [-0.1, -0.05) is 36.4 Å². The Morgan fingerprint density at radius 3 is 2.59 bits per heavy atom. The van der Waals surface area contributed by atoms with E-state index in [1.807, 2.05) is 49.4 Å². The van der Waals surface area contributed by atoms with Gasteiger partial charge in [-0.3, -0.25) is 4.79 Å². The molecule has 0 spiro atoms. The predicted octanol–water partition coefficient (Wildman–Crippen LogP) is 5.90. The highest BCUT2D eigenvalue weighted by Gasteiger charge is 2.40. The maximum absolute atomic E-state index is 13.9. The van der Waals surface area contributed by atoms with Crippen LogP contribution in [0.2, 0.25) is 0 Å². The van der Waals surface area contributed by atoms with Gasteiger partial charge < -0.3 is 15.3 Å². The molecule has 2 unspecified atom stereocenters. The number of aliphatic hydroxyl groups excluding tert-OH is 1. The van der Waals surface area contributed by atoms with Crippen LogP contribution < -0.4 is 5.32 Å². The molecular formula is C27H29FN2O3S. The van der Waals surface area contributed by atoms with E-state index in [0.29, 0.717) is 25.8 Å². The van der Waals surface area contributed by atoms with E-state index in [1.54, 1.807) is 17.9 Å². The Morgan fingerprint density at radius 1 is 1.21 bits per heavy atom. The van der Waals surface area contributed by atoms with E-state index < -0.39 is 5.54 Å². The summed E-state index contributed by atoms with van der Waals surface area (Å²) < 4.78 is 13.9. The molecule has 1 aliphatic heterocycles. The molecule has 1 aromatic heterocycles. The van der Waals surface area contributed by atoms with E-state index in [-0.39, 0.29) is 30.3 Å². The van der Waals surface area contributed by atoms with E-state index in [9.17, 15) is 19.1 Å². The molecular weight excluding hydrogens is 451 g/mol. The molecule has 7 heteroatoms. The SMILES string of the molecule is CC(=O)c1ccc(-c2ccc(C(C)N3CCC(CCCO)(c4cccc(F)c4)NC3=O)cc2)s1. The van der Waals surface area contributed by atoms with Crippen molar-refractivity contribution in [3.05, 3.63) is 82.5 Å². The second-order valence-corrected chi connectivity index (χ2v) is 9.90. The van der Waals surface area contributed by atoms with Gasteiger partial charge in [-0.2, -0.15) is 0 Å². The number of Topliss-reactive ketones (excluding diaryl/α,β-unsaturated/α-hetero) is 1. The Labute approximate surface area is 203 Å². The fourth-order valence-corrected chi connectivity index (χ4v) is 5.53. The highest BCUT2D eigenvalue weighted by molar-refractivity contribution is 7.17. The van der Waals surface area contributed by atoms with Crippen molar-refractivity contribution in [2.45, 2.75) is 44.7 Å². The number of nitrogens with zero attached hydrogens (tertiary/aromatic N) is 1. The number of aliphatic hydroxyl groups is 1. The average Bonchev–Trinajstić information content (AvgIpc) is 3.33. The fourth-order valence-electron chi connectivity index (χ4n) is 4.62. The number of hydrogen-bond acceptors (Lipinski definition) is 4. The summed E-state index contributed by atoms with van der Waals surface area (Å²) in [5.74, 6) is -0.280. The van der Waals surface area contributed by atoms with Crippen molar-refractivity contribution in [3.8, 4) is 10.4 Å². The summed E-state index contributed by atoms with van der Waals surface area (Å²) in [5, 5.41) is 12.5. The number of hydrogen-bond donors (Lipinski definition) is 2. The summed E-state index contributed by atoms with van der Waals surface area (Å²) in [6.07, 6.45) is 1.67. The number of thiophene rings is 1. The largest absolute Gasteiger partial charge is 0.396 e. The molecule has 4 rings (SSSR count). The molecule has 0 bridgehead atoms. The quantitative estimate of drug-likeness (QED) is 0.394. The van der Waals surface area contributed by atoms with Crippen molar-refractivity contribution in [3.63, 3.8) is 0 Å². The molecule has 1 fully saturated rings. The molecule has 0 saturated carbocycles. The first-order valence-corrected chi connectivity index (χ1v) is 12.3. The monoisotopic (exact) mass is 480 g/mol. The zero-order valence-electron chi connectivity index (χ0n) is 19.4. The zero-order chi connectivity index (χ0) is 24.3.